The van der Waals surface area contributed by atoms with Gasteiger partial charge >= 0.3 is 0 Å². The molecule has 4 N–H and O–H groups in total. The van der Waals surface area contributed by atoms with Crippen LogP contribution in [0.4, 0.5) is 0 Å². The summed E-state index contributed by atoms with van der Waals surface area (Å²) in [5.41, 5.74) is 5.23. The van der Waals surface area contributed by atoms with Crippen molar-refractivity contribution in [1.29, 1.82) is 0 Å². The summed E-state index contributed by atoms with van der Waals surface area (Å²) in [6, 6.07) is 1.11. The Bertz CT molecular complexity index is 279. The molecule has 1 aliphatic carbocycles. The van der Waals surface area contributed by atoms with E-state index >= 15 is 0 Å². The Morgan fingerprint density at radius 3 is 3.06 bits per heavy atom. The van der Waals surface area contributed by atoms with Gasteiger partial charge in [0.25, 0.3) is 0 Å². The molecule has 1 heterocycles. The Kier molecular flexibility index (Phi) is 4.97. The molecular formula is C13H25N3O2. The van der Waals surface area contributed by atoms with Crippen molar-refractivity contribution in [3.05, 3.63) is 0 Å². The van der Waals surface area contributed by atoms with E-state index in [4.69, 9.17) is 10.5 Å². The van der Waals surface area contributed by atoms with Gasteiger partial charge in [0.2, 0.25) is 5.91 Å². The molecule has 4 atom stereocenters. The van der Waals surface area contributed by atoms with E-state index in [9.17, 15) is 4.79 Å². The van der Waals surface area contributed by atoms with Gasteiger partial charge in [-0.2, -0.15) is 0 Å². The van der Waals surface area contributed by atoms with Crippen LogP contribution in [0, 0.1) is 5.92 Å². The van der Waals surface area contributed by atoms with Gasteiger partial charge in [0, 0.05) is 31.1 Å². The van der Waals surface area contributed by atoms with Crippen molar-refractivity contribution in [2.24, 2.45) is 11.7 Å². The standard InChI is InChI=1S/C13H25N3O2/c1-9(7-13(14)17)16-11-4-2-3-10(11)12-8-18-6-5-15-12/h9-12,15-16H,2-8H2,1H3,(H2,14,17). The Balaban J connectivity index is 1.84. The lowest BCUT2D eigenvalue weighted by atomic mass is 9.93. The second kappa shape index (κ2) is 6.50. The van der Waals surface area contributed by atoms with Crippen LogP contribution < -0.4 is 16.4 Å². The third kappa shape index (κ3) is 3.67. The molecule has 2 rings (SSSR count). The first-order chi connectivity index (χ1) is 8.66. The highest BCUT2D eigenvalue weighted by molar-refractivity contribution is 5.74. The normalized spacial score (nSPS) is 34.4. The van der Waals surface area contributed by atoms with Crippen molar-refractivity contribution < 1.29 is 9.53 Å². The van der Waals surface area contributed by atoms with Crippen LogP contribution in [0.15, 0.2) is 0 Å². The molecule has 0 aromatic carbocycles. The van der Waals surface area contributed by atoms with Gasteiger partial charge in [0.05, 0.1) is 13.2 Å². The number of carbonyl (C=O) groups is 1. The maximum absolute atomic E-state index is 10.9. The van der Waals surface area contributed by atoms with Crippen LogP contribution in [-0.4, -0.2) is 43.8 Å². The zero-order valence-electron chi connectivity index (χ0n) is 11.2. The molecule has 0 aromatic rings. The minimum atomic E-state index is -0.233. The van der Waals surface area contributed by atoms with E-state index in [2.05, 4.69) is 10.6 Å². The summed E-state index contributed by atoms with van der Waals surface area (Å²) in [6.45, 7) is 4.61. The number of carbonyl (C=O) groups excluding carboxylic acids is 1. The Hall–Kier alpha value is -0.650. The van der Waals surface area contributed by atoms with Crippen LogP contribution >= 0.6 is 0 Å². The fourth-order valence-electron chi connectivity index (χ4n) is 3.26. The van der Waals surface area contributed by atoms with Gasteiger partial charge in [-0.1, -0.05) is 6.42 Å². The Labute approximate surface area is 109 Å². The number of nitrogens with one attached hydrogen (secondary N) is 2. The van der Waals surface area contributed by atoms with E-state index in [1.54, 1.807) is 0 Å². The summed E-state index contributed by atoms with van der Waals surface area (Å²) >= 11 is 0. The molecule has 1 amide bonds. The van der Waals surface area contributed by atoms with Crippen molar-refractivity contribution in [2.45, 2.75) is 50.7 Å². The lowest BCUT2D eigenvalue weighted by Crippen LogP contribution is -2.52. The number of hydrogen-bond acceptors (Lipinski definition) is 4. The van der Waals surface area contributed by atoms with Crippen molar-refractivity contribution in [3.8, 4) is 0 Å². The number of morpholine rings is 1. The lowest BCUT2D eigenvalue weighted by molar-refractivity contribution is -0.118. The van der Waals surface area contributed by atoms with Crippen LogP contribution in [0.3, 0.4) is 0 Å². The minimum absolute atomic E-state index is 0.164. The predicted molar refractivity (Wildman–Crippen MR) is 70.1 cm³/mol. The van der Waals surface area contributed by atoms with Gasteiger partial charge in [-0.15, -0.1) is 0 Å². The maximum Gasteiger partial charge on any atom is 0.218 e. The highest BCUT2D eigenvalue weighted by atomic mass is 16.5. The maximum atomic E-state index is 10.9. The first-order valence-electron chi connectivity index (χ1n) is 7.02. The lowest BCUT2D eigenvalue weighted by Gasteiger charge is -2.34. The molecule has 2 aliphatic rings. The molecule has 4 unspecified atom stereocenters. The summed E-state index contributed by atoms with van der Waals surface area (Å²) in [5, 5.41) is 7.11. The summed E-state index contributed by atoms with van der Waals surface area (Å²) in [6.07, 6.45) is 4.09. The molecule has 0 spiro atoms. The quantitative estimate of drug-likeness (QED) is 0.646. The Morgan fingerprint density at radius 2 is 2.39 bits per heavy atom. The molecule has 2 fully saturated rings. The molecular weight excluding hydrogens is 230 g/mol. The van der Waals surface area contributed by atoms with Gasteiger partial charge in [0.15, 0.2) is 0 Å². The highest BCUT2D eigenvalue weighted by Crippen LogP contribution is 2.29. The van der Waals surface area contributed by atoms with Gasteiger partial charge < -0.3 is 21.1 Å². The summed E-state index contributed by atoms with van der Waals surface area (Å²) in [5.74, 6) is 0.379. The zero-order valence-corrected chi connectivity index (χ0v) is 11.2. The van der Waals surface area contributed by atoms with Crippen LogP contribution in [-0.2, 0) is 9.53 Å². The largest absolute Gasteiger partial charge is 0.379 e. The number of hydrogen-bond donors (Lipinski definition) is 3. The van der Waals surface area contributed by atoms with E-state index in [-0.39, 0.29) is 11.9 Å². The van der Waals surface area contributed by atoms with E-state index in [0.717, 1.165) is 19.8 Å². The van der Waals surface area contributed by atoms with E-state index < -0.39 is 0 Å². The number of ether oxygens (including phenoxy) is 1. The van der Waals surface area contributed by atoms with E-state index in [0.29, 0.717) is 24.4 Å². The number of nitrogens with two attached hydrogens (primary N) is 1. The first kappa shape index (κ1) is 13.8. The molecule has 1 saturated heterocycles. The topological polar surface area (TPSA) is 76.4 Å². The second-order valence-corrected chi connectivity index (χ2v) is 5.57. The molecule has 5 heteroatoms. The van der Waals surface area contributed by atoms with E-state index in [1.807, 2.05) is 6.92 Å². The second-order valence-electron chi connectivity index (χ2n) is 5.57. The molecule has 0 bridgehead atoms. The summed E-state index contributed by atoms with van der Waals surface area (Å²) in [4.78, 5) is 10.9. The van der Waals surface area contributed by atoms with Crippen LogP contribution in [0.2, 0.25) is 0 Å². The summed E-state index contributed by atoms with van der Waals surface area (Å²) in [7, 11) is 0. The van der Waals surface area contributed by atoms with Gasteiger partial charge in [-0.05, 0) is 25.7 Å². The van der Waals surface area contributed by atoms with Gasteiger partial charge in [-0.3, -0.25) is 4.79 Å². The molecule has 0 radical (unpaired) electrons. The van der Waals surface area contributed by atoms with Gasteiger partial charge in [0.1, 0.15) is 0 Å². The number of primary amides is 1. The number of rotatable bonds is 5. The van der Waals surface area contributed by atoms with Crippen LogP contribution in [0.5, 0.6) is 0 Å². The van der Waals surface area contributed by atoms with Crippen molar-refractivity contribution in [3.63, 3.8) is 0 Å². The molecule has 5 nitrogen and oxygen atoms in total. The predicted octanol–water partition coefficient (Wildman–Crippen LogP) is -0.00300. The average molecular weight is 255 g/mol. The van der Waals surface area contributed by atoms with Crippen LogP contribution in [0.25, 0.3) is 0 Å². The average Bonchev–Trinajstić information content (AvgIpc) is 2.77. The molecule has 18 heavy (non-hydrogen) atoms. The highest BCUT2D eigenvalue weighted by Gasteiger charge is 2.35. The summed E-state index contributed by atoms with van der Waals surface area (Å²) < 4.78 is 5.55. The fraction of sp³-hybridized carbons (Fsp3) is 0.923. The van der Waals surface area contributed by atoms with Gasteiger partial charge in [-0.25, -0.2) is 0 Å². The molecule has 1 aliphatic heterocycles. The van der Waals surface area contributed by atoms with Crippen LogP contribution in [0.1, 0.15) is 32.6 Å². The minimum Gasteiger partial charge on any atom is -0.379 e. The van der Waals surface area contributed by atoms with E-state index in [1.165, 1.54) is 19.3 Å². The van der Waals surface area contributed by atoms with Crippen molar-refractivity contribution in [1.82, 2.24) is 10.6 Å². The molecule has 1 saturated carbocycles. The SMILES string of the molecule is CC(CC(N)=O)NC1CCCC1C1COCCN1. The zero-order chi connectivity index (χ0) is 13.0. The Morgan fingerprint density at radius 1 is 1.56 bits per heavy atom. The third-order valence-electron chi connectivity index (χ3n) is 4.04. The molecule has 104 valence electrons. The van der Waals surface area contributed by atoms with Crippen molar-refractivity contribution in [2.75, 3.05) is 19.8 Å². The third-order valence-corrected chi connectivity index (χ3v) is 4.04. The molecule has 0 aromatic heterocycles. The first-order valence-corrected chi connectivity index (χ1v) is 7.02. The number of amides is 1. The smallest absolute Gasteiger partial charge is 0.218 e. The monoisotopic (exact) mass is 255 g/mol. The van der Waals surface area contributed by atoms with Crippen molar-refractivity contribution >= 4 is 5.91 Å². The fourth-order valence-corrected chi connectivity index (χ4v) is 3.26.